The van der Waals surface area contributed by atoms with E-state index in [0.717, 1.165) is 13.1 Å². The van der Waals surface area contributed by atoms with Gasteiger partial charge in [0, 0.05) is 35.6 Å². The van der Waals surface area contributed by atoms with E-state index in [1.807, 2.05) is 24.3 Å². The van der Waals surface area contributed by atoms with E-state index >= 15 is 0 Å². The molecule has 0 aliphatic carbocycles. The van der Waals surface area contributed by atoms with E-state index in [4.69, 9.17) is 4.74 Å². The third kappa shape index (κ3) is 5.63. The predicted molar refractivity (Wildman–Crippen MR) is 127 cm³/mol. The monoisotopic (exact) mass is 440 g/mol. The van der Waals surface area contributed by atoms with Crippen LogP contribution in [0.2, 0.25) is 0 Å². The van der Waals surface area contributed by atoms with E-state index in [9.17, 15) is 14.9 Å². The number of rotatable bonds is 6. The van der Waals surface area contributed by atoms with Crippen LogP contribution in [0.15, 0.2) is 72.8 Å². The molecule has 0 unspecified atom stereocenters. The number of carbonyl (C=O) groups excluding carboxylic acids is 2. The molecule has 1 fully saturated rings. The first-order chi connectivity index (χ1) is 16.1. The average molecular weight is 441 g/mol. The van der Waals surface area contributed by atoms with Crippen LogP contribution in [-0.2, 0) is 9.53 Å². The number of nitriles is 1. The van der Waals surface area contributed by atoms with Crippen molar-refractivity contribution in [2.24, 2.45) is 0 Å². The predicted octanol–water partition coefficient (Wildman–Crippen LogP) is 3.75. The van der Waals surface area contributed by atoms with Gasteiger partial charge < -0.3 is 15.4 Å². The minimum atomic E-state index is -0.276. The highest BCUT2D eigenvalue weighted by Gasteiger charge is 2.16. The second kappa shape index (κ2) is 10.6. The lowest BCUT2D eigenvalue weighted by molar-refractivity contribution is -0.118. The van der Waals surface area contributed by atoms with Crippen molar-refractivity contribution < 1.29 is 14.3 Å². The quantitative estimate of drug-likeness (QED) is 0.609. The molecule has 0 saturated carbocycles. The Kier molecular flexibility index (Phi) is 7.10. The van der Waals surface area contributed by atoms with Crippen LogP contribution in [0, 0.1) is 11.3 Å². The molecular formula is C26H24N4O3. The van der Waals surface area contributed by atoms with Gasteiger partial charge in [0.25, 0.3) is 5.91 Å². The Morgan fingerprint density at radius 3 is 2.15 bits per heavy atom. The number of anilines is 2. The largest absolute Gasteiger partial charge is 0.379 e. The van der Waals surface area contributed by atoms with Crippen molar-refractivity contribution in [1.29, 1.82) is 5.26 Å². The normalized spacial score (nSPS) is 13.7. The van der Waals surface area contributed by atoms with E-state index in [2.05, 4.69) is 21.6 Å². The molecule has 3 aromatic carbocycles. The van der Waals surface area contributed by atoms with Crippen LogP contribution in [0.4, 0.5) is 11.4 Å². The SMILES string of the molecule is N#Cc1ccccc1-c1ccccc1C(=O)Nc1ccc(NC(=O)CN2CCOCC2)cc1. The fourth-order valence-corrected chi connectivity index (χ4v) is 3.73. The molecule has 0 aromatic heterocycles. The van der Waals surface area contributed by atoms with Crippen LogP contribution in [-0.4, -0.2) is 49.6 Å². The molecule has 0 bridgehead atoms. The Hall–Kier alpha value is -3.99. The molecular weight excluding hydrogens is 416 g/mol. The summed E-state index contributed by atoms with van der Waals surface area (Å²) in [5.41, 5.74) is 3.66. The second-order valence-corrected chi connectivity index (χ2v) is 7.67. The third-order valence-electron chi connectivity index (χ3n) is 5.41. The molecule has 1 aliphatic heterocycles. The van der Waals surface area contributed by atoms with Crippen molar-refractivity contribution in [1.82, 2.24) is 4.90 Å². The third-order valence-corrected chi connectivity index (χ3v) is 5.41. The minimum Gasteiger partial charge on any atom is -0.379 e. The van der Waals surface area contributed by atoms with Gasteiger partial charge in [0.2, 0.25) is 5.91 Å². The first-order valence-electron chi connectivity index (χ1n) is 10.7. The summed E-state index contributed by atoms with van der Waals surface area (Å²) in [4.78, 5) is 27.3. The molecule has 0 radical (unpaired) electrons. The van der Waals surface area contributed by atoms with Gasteiger partial charge in [-0.25, -0.2) is 0 Å². The van der Waals surface area contributed by atoms with Crippen LogP contribution in [0.1, 0.15) is 15.9 Å². The van der Waals surface area contributed by atoms with E-state index in [-0.39, 0.29) is 11.8 Å². The zero-order valence-electron chi connectivity index (χ0n) is 18.1. The van der Waals surface area contributed by atoms with Gasteiger partial charge in [-0.15, -0.1) is 0 Å². The average Bonchev–Trinajstić information content (AvgIpc) is 2.85. The highest BCUT2D eigenvalue weighted by molar-refractivity contribution is 6.09. The number of amides is 2. The Balaban J connectivity index is 1.42. The Bertz CT molecular complexity index is 1180. The standard InChI is InChI=1S/C26H24N4O3/c27-17-19-5-1-2-6-22(19)23-7-3-4-8-24(23)26(32)29-21-11-9-20(10-12-21)28-25(31)18-30-13-15-33-16-14-30/h1-12H,13-16,18H2,(H,28,31)(H,29,32). The molecule has 7 heteroatoms. The van der Waals surface area contributed by atoms with E-state index < -0.39 is 0 Å². The smallest absolute Gasteiger partial charge is 0.256 e. The maximum atomic E-state index is 13.0. The highest BCUT2D eigenvalue weighted by Crippen LogP contribution is 2.27. The number of hydrogen-bond donors (Lipinski definition) is 2. The molecule has 0 spiro atoms. The second-order valence-electron chi connectivity index (χ2n) is 7.67. The summed E-state index contributed by atoms with van der Waals surface area (Å²) in [6, 6.07) is 23.6. The number of carbonyl (C=O) groups is 2. The van der Waals surface area contributed by atoms with Gasteiger partial charge in [0.1, 0.15) is 0 Å². The molecule has 1 heterocycles. The Labute approximate surface area is 192 Å². The molecule has 1 saturated heterocycles. The van der Waals surface area contributed by atoms with Crippen molar-refractivity contribution in [3.05, 3.63) is 83.9 Å². The van der Waals surface area contributed by atoms with Crippen LogP contribution in [0.3, 0.4) is 0 Å². The number of ether oxygens (including phenoxy) is 1. The van der Waals surface area contributed by atoms with Crippen LogP contribution in [0.25, 0.3) is 11.1 Å². The Morgan fingerprint density at radius 1 is 0.848 bits per heavy atom. The van der Waals surface area contributed by atoms with Crippen LogP contribution in [0.5, 0.6) is 0 Å². The summed E-state index contributed by atoms with van der Waals surface area (Å²) in [5.74, 6) is -0.360. The van der Waals surface area contributed by atoms with Crippen molar-refractivity contribution in [2.45, 2.75) is 0 Å². The number of nitrogens with zero attached hydrogens (tertiary/aromatic N) is 2. The summed E-state index contributed by atoms with van der Waals surface area (Å²) >= 11 is 0. The van der Waals surface area contributed by atoms with E-state index in [1.165, 1.54) is 0 Å². The van der Waals surface area contributed by atoms with Gasteiger partial charge in [-0.1, -0.05) is 36.4 Å². The molecule has 33 heavy (non-hydrogen) atoms. The number of morpholine rings is 1. The van der Waals surface area contributed by atoms with Crippen LogP contribution < -0.4 is 10.6 Å². The van der Waals surface area contributed by atoms with Crippen LogP contribution >= 0.6 is 0 Å². The summed E-state index contributed by atoms with van der Waals surface area (Å²) in [7, 11) is 0. The lowest BCUT2D eigenvalue weighted by Crippen LogP contribution is -2.41. The highest BCUT2D eigenvalue weighted by atomic mass is 16.5. The van der Waals surface area contributed by atoms with E-state index in [0.29, 0.717) is 53.4 Å². The summed E-state index contributed by atoms with van der Waals surface area (Å²) in [6.07, 6.45) is 0. The molecule has 0 atom stereocenters. The molecule has 3 aromatic rings. The fraction of sp³-hybridized carbons (Fsp3) is 0.192. The van der Waals surface area contributed by atoms with Gasteiger partial charge in [-0.2, -0.15) is 5.26 Å². The summed E-state index contributed by atoms with van der Waals surface area (Å²) in [5, 5.41) is 15.2. The van der Waals surface area contributed by atoms with Crippen molar-refractivity contribution >= 4 is 23.2 Å². The lowest BCUT2D eigenvalue weighted by atomic mass is 9.95. The Morgan fingerprint density at radius 2 is 1.45 bits per heavy atom. The number of nitrogens with one attached hydrogen (secondary N) is 2. The van der Waals surface area contributed by atoms with Gasteiger partial charge in [0.15, 0.2) is 0 Å². The van der Waals surface area contributed by atoms with Gasteiger partial charge in [-0.05, 0) is 42.0 Å². The maximum absolute atomic E-state index is 13.0. The topological polar surface area (TPSA) is 94.5 Å². The first kappa shape index (κ1) is 22.2. The first-order valence-corrected chi connectivity index (χ1v) is 10.7. The maximum Gasteiger partial charge on any atom is 0.256 e. The van der Waals surface area contributed by atoms with E-state index in [1.54, 1.807) is 48.5 Å². The fourth-order valence-electron chi connectivity index (χ4n) is 3.73. The molecule has 2 amide bonds. The lowest BCUT2D eigenvalue weighted by Gasteiger charge is -2.25. The van der Waals surface area contributed by atoms with Gasteiger partial charge in [0.05, 0.1) is 31.4 Å². The molecule has 2 N–H and O–H groups in total. The van der Waals surface area contributed by atoms with Crippen molar-refractivity contribution in [3.8, 4) is 17.2 Å². The summed E-state index contributed by atoms with van der Waals surface area (Å²) in [6.45, 7) is 3.11. The molecule has 4 rings (SSSR count). The van der Waals surface area contributed by atoms with Crippen molar-refractivity contribution in [3.63, 3.8) is 0 Å². The minimum absolute atomic E-state index is 0.0845. The molecule has 166 valence electrons. The zero-order valence-corrected chi connectivity index (χ0v) is 18.1. The summed E-state index contributed by atoms with van der Waals surface area (Å²) < 4.78 is 5.30. The van der Waals surface area contributed by atoms with Crippen molar-refractivity contribution in [2.75, 3.05) is 43.5 Å². The number of benzene rings is 3. The van der Waals surface area contributed by atoms with Gasteiger partial charge in [-0.3, -0.25) is 14.5 Å². The zero-order chi connectivity index (χ0) is 23.0. The molecule has 7 nitrogen and oxygen atoms in total. The molecule has 1 aliphatic rings. The number of hydrogen-bond acceptors (Lipinski definition) is 5. The van der Waals surface area contributed by atoms with Gasteiger partial charge >= 0.3 is 0 Å².